The summed E-state index contributed by atoms with van der Waals surface area (Å²) in [5.41, 5.74) is 1.00. The second kappa shape index (κ2) is 7.96. The molecule has 0 aliphatic carbocycles. The molecule has 8 heteroatoms. The Bertz CT molecular complexity index is 792. The molecule has 2 amide bonds. The van der Waals surface area contributed by atoms with Crippen LogP contribution in [0.15, 0.2) is 5.38 Å². The van der Waals surface area contributed by atoms with Crippen molar-refractivity contribution in [2.45, 2.75) is 70.9 Å². The Hall–Kier alpha value is -1.96. The zero-order valence-electron chi connectivity index (χ0n) is 16.1. The first-order valence-electron chi connectivity index (χ1n) is 10.0. The van der Waals surface area contributed by atoms with E-state index in [1.165, 1.54) is 19.3 Å². The van der Waals surface area contributed by atoms with Crippen LogP contribution in [0.3, 0.4) is 0 Å². The number of nitrogens with one attached hydrogen (secondary N) is 1. The van der Waals surface area contributed by atoms with Gasteiger partial charge in [0.2, 0.25) is 0 Å². The molecule has 2 aliphatic rings. The summed E-state index contributed by atoms with van der Waals surface area (Å²) in [6.45, 7) is 6.55. The molecule has 1 saturated heterocycles. The summed E-state index contributed by atoms with van der Waals surface area (Å²) < 4.78 is 2.35. The first kappa shape index (κ1) is 18.4. The molecule has 1 N–H and O–H groups in total. The van der Waals surface area contributed by atoms with E-state index in [2.05, 4.69) is 25.1 Å². The van der Waals surface area contributed by atoms with E-state index in [4.69, 9.17) is 0 Å². The number of carbonyl (C=O) groups is 1. The van der Waals surface area contributed by atoms with Crippen LogP contribution in [0.1, 0.15) is 73.3 Å². The molecule has 0 aromatic carbocycles. The third-order valence-corrected chi connectivity index (χ3v) is 6.78. The number of fused-ring (bicyclic) bond motifs is 1. The van der Waals surface area contributed by atoms with Crippen molar-refractivity contribution < 1.29 is 4.79 Å². The van der Waals surface area contributed by atoms with Crippen molar-refractivity contribution in [2.75, 3.05) is 13.1 Å². The second-order valence-corrected chi connectivity index (χ2v) is 8.59. The van der Waals surface area contributed by atoms with Crippen LogP contribution in [0, 0.1) is 6.92 Å². The van der Waals surface area contributed by atoms with Crippen LogP contribution in [0.2, 0.25) is 0 Å². The van der Waals surface area contributed by atoms with Gasteiger partial charge in [0.15, 0.2) is 0 Å². The van der Waals surface area contributed by atoms with E-state index in [0.717, 1.165) is 61.2 Å². The number of nitrogens with zero attached hydrogens (tertiary/aromatic N) is 5. The van der Waals surface area contributed by atoms with E-state index in [-0.39, 0.29) is 12.1 Å². The lowest BCUT2D eigenvalue weighted by molar-refractivity contribution is 0.177. The predicted molar refractivity (Wildman–Crippen MR) is 105 cm³/mol. The highest BCUT2D eigenvalue weighted by Gasteiger charge is 2.29. The van der Waals surface area contributed by atoms with Crippen LogP contribution in [-0.4, -0.2) is 43.8 Å². The quantitative estimate of drug-likeness (QED) is 0.874. The lowest BCUT2D eigenvalue weighted by Gasteiger charge is -2.32. The summed E-state index contributed by atoms with van der Waals surface area (Å²) in [6.07, 6.45) is 6.66. The molecular formula is C19H28N6OS. The van der Waals surface area contributed by atoms with Crippen LogP contribution in [0.4, 0.5) is 4.79 Å². The first-order valence-corrected chi connectivity index (χ1v) is 10.9. The standard InChI is InChI=1S/C19H28N6OS/c1-13-12-27-18(20-13)14(2)21-19(26)24-10-7-15(8-11-24)17-23-22-16-6-4-3-5-9-25(16)17/h12,14-15H,3-11H2,1-2H3,(H,21,26)/t14-/m1/s1. The number of piperidine rings is 1. The normalized spacial score (nSPS) is 19.4. The highest BCUT2D eigenvalue weighted by molar-refractivity contribution is 7.09. The largest absolute Gasteiger partial charge is 0.329 e. The minimum atomic E-state index is -0.0545. The molecule has 2 aromatic rings. The smallest absolute Gasteiger partial charge is 0.317 e. The van der Waals surface area contributed by atoms with Gasteiger partial charge in [-0.05, 0) is 39.5 Å². The maximum absolute atomic E-state index is 12.6. The number of carbonyl (C=O) groups excluding carboxylic acids is 1. The molecule has 1 atom stereocenters. The summed E-state index contributed by atoms with van der Waals surface area (Å²) in [5.74, 6) is 2.70. The average Bonchev–Trinajstić information content (AvgIpc) is 3.21. The van der Waals surface area contributed by atoms with Crippen LogP contribution >= 0.6 is 11.3 Å². The highest BCUT2D eigenvalue weighted by Crippen LogP contribution is 2.29. The Morgan fingerprint density at radius 3 is 2.78 bits per heavy atom. The molecular weight excluding hydrogens is 360 g/mol. The molecule has 0 unspecified atom stereocenters. The zero-order valence-corrected chi connectivity index (χ0v) is 17.0. The molecule has 27 heavy (non-hydrogen) atoms. The minimum absolute atomic E-state index is 0.00822. The molecule has 0 bridgehead atoms. The van der Waals surface area contributed by atoms with Crippen molar-refractivity contribution in [1.82, 2.24) is 30.0 Å². The fourth-order valence-electron chi connectivity index (χ4n) is 4.06. The average molecular weight is 389 g/mol. The van der Waals surface area contributed by atoms with Gasteiger partial charge in [-0.1, -0.05) is 6.42 Å². The molecule has 2 aliphatic heterocycles. The van der Waals surface area contributed by atoms with Crippen molar-refractivity contribution in [1.29, 1.82) is 0 Å². The van der Waals surface area contributed by atoms with Gasteiger partial charge >= 0.3 is 6.03 Å². The molecule has 7 nitrogen and oxygen atoms in total. The number of thiazole rings is 1. The minimum Gasteiger partial charge on any atom is -0.329 e. The molecule has 0 radical (unpaired) electrons. The summed E-state index contributed by atoms with van der Waals surface area (Å²) in [7, 11) is 0. The number of urea groups is 1. The first-order chi connectivity index (χ1) is 13.1. The third-order valence-electron chi connectivity index (χ3n) is 5.63. The van der Waals surface area contributed by atoms with Crippen molar-refractivity contribution in [3.63, 3.8) is 0 Å². The SMILES string of the molecule is Cc1csc([C@@H](C)NC(=O)N2CCC(c3nnc4n3CCCCC4)CC2)n1. The van der Waals surface area contributed by atoms with Gasteiger partial charge in [-0.2, -0.15) is 0 Å². The van der Waals surface area contributed by atoms with Gasteiger partial charge in [0.1, 0.15) is 16.7 Å². The third kappa shape index (κ3) is 4.00. The molecule has 4 heterocycles. The molecule has 0 spiro atoms. The van der Waals surface area contributed by atoms with E-state index in [1.54, 1.807) is 11.3 Å². The maximum Gasteiger partial charge on any atom is 0.317 e. The van der Waals surface area contributed by atoms with Crippen molar-refractivity contribution >= 4 is 17.4 Å². The summed E-state index contributed by atoms with van der Waals surface area (Å²) in [6, 6.07) is -0.0462. The highest BCUT2D eigenvalue weighted by atomic mass is 32.1. The topological polar surface area (TPSA) is 75.9 Å². The number of amides is 2. The Morgan fingerprint density at radius 2 is 2.04 bits per heavy atom. The number of hydrogen-bond donors (Lipinski definition) is 1. The number of aromatic nitrogens is 4. The van der Waals surface area contributed by atoms with Gasteiger partial charge in [0.05, 0.1) is 6.04 Å². The van der Waals surface area contributed by atoms with Crippen molar-refractivity contribution in [3.8, 4) is 0 Å². The number of aryl methyl sites for hydroxylation is 2. The van der Waals surface area contributed by atoms with E-state index in [1.807, 2.05) is 24.1 Å². The fraction of sp³-hybridized carbons (Fsp3) is 0.684. The zero-order chi connectivity index (χ0) is 18.8. The molecule has 1 fully saturated rings. The van der Waals surface area contributed by atoms with Crippen LogP contribution < -0.4 is 5.32 Å². The van der Waals surface area contributed by atoms with Crippen LogP contribution in [-0.2, 0) is 13.0 Å². The van der Waals surface area contributed by atoms with Gasteiger partial charge in [-0.15, -0.1) is 21.5 Å². The Kier molecular flexibility index (Phi) is 5.43. The van der Waals surface area contributed by atoms with Gasteiger partial charge in [-0.25, -0.2) is 9.78 Å². The van der Waals surface area contributed by atoms with E-state index in [0.29, 0.717) is 5.92 Å². The molecule has 146 valence electrons. The number of hydrogen-bond acceptors (Lipinski definition) is 5. The molecule has 0 saturated carbocycles. The molecule has 2 aromatic heterocycles. The summed E-state index contributed by atoms with van der Waals surface area (Å²) in [5, 5.41) is 15.0. The fourth-order valence-corrected chi connectivity index (χ4v) is 4.86. The van der Waals surface area contributed by atoms with Crippen molar-refractivity contribution in [3.05, 3.63) is 27.7 Å². The Balaban J connectivity index is 1.34. The summed E-state index contributed by atoms with van der Waals surface area (Å²) in [4.78, 5) is 19.0. The van der Waals surface area contributed by atoms with Crippen LogP contribution in [0.5, 0.6) is 0 Å². The predicted octanol–water partition coefficient (Wildman–Crippen LogP) is 3.42. The summed E-state index contributed by atoms with van der Waals surface area (Å²) >= 11 is 1.60. The number of likely N-dealkylation sites (tertiary alicyclic amines) is 1. The lowest BCUT2D eigenvalue weighted by atomic mass is 9.96. The monoisotopic (exact) mass is 388 g/mol. The van der Waals surface area contributed by atoms with Gasteiger partial charge in [-0.3, -0.25) is 0 Å². The van der Waals surface area contributed by atoms with Crippen LogP contribution in [0.25, 0.3) is 0 Å². The Morgan fingerprint density at radius 1 is 1.22 bits per heavy atom. The lowest BCUT2D eigenvalue weighted by Crippen LogP contribution is -2.45. The van der Waals surface area contributed by atoms with Gasteiger partial charge in [0.25, 0.3) is 0 Å². The Labute approximate surface area is 164 Å². The van der Waals surface area contributed by atoms with E-state index >= 15 is 0 Å². The van der Waals surface area contributed by atoms with E-state index < -0.39 is 0 Å². The maximum atomic E-state index is 12.6. The molecule has 4 rings (SSSR count). The van der Waals surface area contributed by atoms with Gasteiger partial charge in [0, 0.05) is 43.0 Å². The number of rotatable bonds is 3. The van der Waals surface area contributed by atoms with Crippen molar-refractivity contribution in [2.24, 2.45) is 0 Å². The second-order valence-electron chi connectivity index (χ2n) is 7.70. The van der Waals surface area contributed by atoms with Gasteiger partial charge < -0.3 is 14.8 Å². The van der Waals surface area contributed by atoms with E-state index in [9.17, 15) is 4.79 Å².